The molecule has 5 heteroatoms. The fraction of sp³-hybridized carbons (Fsp3) is 0.200. The number of Topliss-reactive ketones (excluding diaryl/α,β-unsaturated/α-hetero) is 1. The predicted octanol–water partition coefficient (Wildman–Crippen LogP) is 3.19. The normalized spacial score (nSPS) is 10.5. The van der Waals surface area contributed by atoms with E-state index in [1.807, 2.05) is 0 Å². The van der Waals surface area contributed by atoms with Gasteiger partial charge < -0.3 is 4.42 Å². The number of thiazole rings is 1. The lowest BCUT2D eigenvalue weighted by Gasteiger charge is -1.88. The molecule has 0 amide bonds. The largest absolute Gasteiger partial charge is 0.442 e. The minimum Gasteiger partial charge on any atom is -0.442 e. The SMILES string of the molecule is CC(=O)Cc1cnc(-c2ccc(Cl)o2)s1. The van der Waals surface area contributed by atoms with Gasteiger partial charge in [-0.25, -0.2) is 4.98 Å². The van der Waals surface area contributed by atoms with Crippen LogP contribution in [0.25, 0.3) is 10.8 Å². The summed E-state index contributed by atoms with van der Waals surface area (Å²) in [6.07, 6.45) is 2.12. The average molecular weight is 242 g/mol. The van der Waals surface area contributed by atoms with Crippen molar-refractivity contribution in [2.75, 3.05) is 0 Å². The summed E-state index contributed by atoms with van der Waals surface area (Å²) < 4.78 is 5.22. The van der Waals surface area contributed by atoms with E-state index < -0.39 is 0 Å². The number of carbonyl (C=O) groups is 1. The molecule has 0 saturated heterocycles. The Morgan fingerprint density at radius 1 is 1.60 bits per heavy atom. The maximum absolute atomic E-state index is 10.9. The molecule has 0 fully saturated rings. The molecule has 0 aliphatic rings. The summed E-state index contributed by atoms with van der Waals surface area (Å²) >= 11 is 7.10. The molecule has 0 saturated carbocycles. The van der Waals surface area contributed by atoms with E-state index in [0.29, 0.717) is 17.4 Å². The van der Waals surface area contributed by atoms with Crippen molar-refractivity contribution in [1.29, 1.82) is 0 Å². The summed E-state index contributed by atoms with van der Waals surface area (Å²) in [7, 11) is 0. The molecule has 0 radical (unpaired) electrons. The Morgan fingerprint density at radius 3 is 3.00 bits per heavy atom. The molecular weight excluding hydrogens is 234 g/mol. The van der Waals surface area contributed by atoms with Crippen molar-refractivity contribution < 1.29 is 9.21 Å². The van der Waals surface area contributed by atoms with Crippen LogP contribution in [0.5, 0.6) is 0 Å². The van der Waals surface area contributed by atoms with Gasteiger partial charge in [0.2, 0.25) is 0 Å². The number of aromatic nitrogens is 1. The third kappa shape index (κ3) is 2.46. The zero-order chi connectivity index (χ0) is 10.8. The molecule has 0 spiro atoms. The quantitative estimate of drug-likeness (QED) is 0.829. The van der Waals surface area contributed by atoms with Crippen LogP contribution in [-0.2, 0) is 11.2 Å². The second-order valence-electron chi connectivity index (χ2n) is 3.11. The molecule has 0 aromatic carbocycles. The third-order valence-corrected chi connectivity index (χ3v) is 2.98. The van der Waals surface area contributed by atoms with Crippen molar-refractivity contribution in [3.8, 4) is 10.8 Å². The summed E-state index contributed by atoms with van der Waals surface area (Å²) in [6.45, 7) is 1.56. The molecule has 0 atom stereocenters. The van der Waals surface area contributed by atoms with E-state index in [9.17, 15) is 4.79 Å². The van der Waals surface area contributed by atoms with Gasteiger partial charge in [0, 0.05) is 17.5 Å². The van der Waals surface area contributed by atoms with E-state index in [4.69, 9.17) is 16.0 Å². The highest BCUT2D eigenvalue weighted by atomic mass is 35.5. The van der Waals surface area contributed by atoms with Crippen LogP contribution in [0.15, 0.2) is 22.7 Å². The number of ketones is 1. The lowest BCUT2D eigenvalue weighted by atomic mass is 10.3. The van der Waals surface area contributed by atoms with Gasteiger partial charge in [-0.15, -0.1) is 11.3 Å². The Kier molecular flexibility index (Phi) is 2.88. The molecule has 3 nitrogen and oxygen atoms in total. The fourth-order valence-corrected chi connectivity index (χ4v) is 2.27. The maximum atomic E-state index is 10.9. The first-order chi connectivity index (χ1) is 7.15. The number of furan rings is 1. The number of halogens is 1. The maximum Gasteiger partial charge on any atom is 0.194 e. The Hall–Kier alpha value is -1.13. The van der Waals surface area contributed by atoms with Crippen LogP contribution in [0.1, 0.15) is 11.8 Å². The lowest BCUT2D eigenvalue weighted by molar-refractivity contribution is -0.116. The van der Waals surface area contributed by atoms with Crippen molar-refractivity contribution in [2.45, 2.75) is 13.3 Å². The Bertz CT molecular complexity index is 489. The minimum absolute atomic E-state index is 0.127. The summed E-state index contributed by atoms with van der Waals surface area (Å²) in [4.78, 5) is 16.0. The van der Waals surface area contributed by atoms with Gasteiger partial charge in [0.15, 0.2) is 16.0 Å². The van der Waals surface area contributed by atoms with E-state index in [1.165, 1.54) is 11.3 Å². The summed E-state index contributed by atoms with van der Waals surface area (Å²) in [5, 5.41) is 1.09. The number of rotatable bonds is 3. The first kappa shape index (κ1) is 10.4. The molecular formula is C10H8ClNO2S. The summed E-state index contributed by atoms with van der Waals surface area (Å²) in [5.74, 6) is 0.766. The van der Waals surface area contributed by atoms with E-state index in [-0.39, 0.29) is 5.78 Å². The summed E-state index contributed by atoms with van der Waals surface area (Å²) in [6, 6.07) is 3.43. The molecule has 2 aromatic heterocycles. The Balaban J connectivity index is 2.23. The van der Waals surface area contributed by atoms with Crippen LogP contribution < -0.4 is 0 Å². The van der Waals surface area contributed by atoms with Crippen molar-refractivity contribution in [3.05, 3.63) is 28.4 Å². The Morgan fingerprint density at radius 2 is 2.40 bits per heavy atom. The van der Waals surface area contributed by atoms with Crippen LogP contribution in [0.2, 0.25) is 5.22 Å². The van der Waals surface area contributed by atoms with Gasteiger partial charge >= 0.3 is 0 Å². The fourth-order valence-electron chi connectivity index (χ4n) is 1.18. The van der Waals surface area contributed by atoms with Gasteiger partial charge in [-0.3, -0.25) is 4.79 Å². The Labute approximate surface area is 95.7 Å². The second-order valence-corrected chi connectivity index (χ2v) is 4.60. The minimum atomic E-state index is 0.127. The number of nitrogens with zero attached hydrogens (tertiary/aromatic N) is 1. The van der Waals surface area contributed by atoms with Crippen LogP contribution in [0.4, 0.5) is 0 Å². The van der Waals surface area contributed by atoms with Gasteiger partial charge in [-0.2, -0.15) is 0 Å². The molecule has 78 valence electrons. The number of carbonyl (C=O) groups excluding carboxylic acids is 1. The van der Waals surface area contributed by atoms with Crippen LogP contribution >= 0.6 is 22.9 Å². The molecule has 15 heavy (non-hydrogen) atoms. The molecule has 0 aliphatic heterocycles. The second kappa shape index (κ2) is 4.16. The molecule has 0 N–H and O–H groups in total. The average Bonchev–Trinajstić information content (AvgIpc) is 2.72. The molecule has 2 rings (SSSR count). The lowest BCUT2D eigenvalue weighted by Crippen LogP contribution is -1.92. The molecule has 0 aliphatic carbocycles. The molecule has 2 heterocycles. The molecule has 2 aromatic rings. The van der Waals surface area contributed by atoms with E-state index in [0.717, 1.165) is 9.88 Å². The first-order valence-corrected chi connectivity index (χ1v) is 5.54. The van der Waals surface area contributed by atoms with Crippen molar-refractivity contribution in [3.63, 3.8) is 0 Å². The van der Waals surface area contributed by atoms with Crippen molar-refractivity contribution in [2.24, 2.45) is 0 Å². The van der Waals surface area contributed by atoms with E-state index in [2.05, 4.69) is 4.98 Å². The summed E-state index contributed by atoms with van der Waals surface area (Å²) in [5.41, 5.74) is 0. The zero-order valence-corrected chi connectivity index (χ0v) is 9.56. The highest BCUT2D eigenvalue weighted by molar-refractivity contribution is 7.15. The number of hydrogen-bond acceptors (Lipinski definition) is 4. The van der Waals surface area contributed by atoms with Crippen LogP contribution in [0.3, 0.4) is 0 Å². The van der Waals surface area contributed by atoms with Crippen molar-refractivity contribution in [1.82, 2.24) is 4.98 Å². The van der Waals surface area contributed by atoms with Gasteiger partial charge in [0.1, 0.15) is 5.78 Å². The van der Waals surface area contributed by atoms with Gasteiger partial charge in [-0.1, -0.05) is 0 Å². The highest BCUT2D eigenvalue weighted by Gasteiger charge is 2.09. The van der Waals surface area contributed by atoms with Crippen LogP contribution in [-0.4, -0.2) is 10.8 Å². The number of hydrogen-bond donors (Lipinski definition) is 0. The highest BCUT2D eigenvalue weighted by Crippen LogP contribution is 2.28. The van der Waals surface area contributed by atoms with Gasteiger partial charge in [0.25, 0.3) is 0 Å². The first-order valence-electron chi connectivity index (χ1n) is 4.35. The molecule has 0 bridgehead atoms. The van der Waals surface area contributed by atoms with Crippen molar-refractivity contribution >= 4 is 28.7 Å². The standard InChI is InChI=1S/C10H8ClNO2S/c1-6(13)4-7-5-12-10(15-7)8-2-3-9(11)14-8/h2-3,5H,4H2,1H3. The predicted molar refractivity (Wildman–Crippen MR) is 59.2 cm³/mol. The van der Waals surface area contributed by atoms with E-state index in [1.54, 1.807) is 25.3 Å². The smallest absolute Gasteiger partial charge is 0.194 e. The van der Waals surface area contributed by atoms with Gasteiger partial charge in [-0.05, 0) is 30.7 Å². The van der Waals surface area contributed by atoms with E-state index >= 15 is 0 Å². The third-order valence-electron chi connectivity index (χ3n) is 1.76. The monoisotopic (exact) mass is 241 g/mol. The topological polar surface area (TPSA) is 43.1 Å². The zero-order valence-electron chi connectivity index (χ0n) is 7.99. The van der Waals surface area contributed by atoms with Gasteiger partial charge in [0.05, 0.1) is 0 Å². The van der Waals surface area contributed by atoms with Crippen LogP contribution in [0, 0.1) is 0 Å². The molecule has 0 unspecified atom stereocenters.